The van der Waals surface area contributed by atoms with Crippen LogP contribution in [0.1, 0.15) is 61.2 Å². The van der Waals surface area contributed by atoms with Crippen molar-refractivity contribution < 1.29 is 4.79 Å². The van der Waals surface area contributed by atoms with E-state index in [2.05, 4.69) is 42.2 Å². The van der Waals surface area contributed by atoms with Gasteiger partial charge in [0, 0.05) is 49.8 Å². The van der Waals surface area contributed by atoms with Crippen LogP contribution in [0.2, 0.25) is 0 Å². The maximum Gasteiger partial charge on any atom is 0.222 e. The molecular weight excluding hydrogens is 348 g/mol. The lowest BCUT2D eigenvalue weighted by molar-refractivity contribution is -0.132. The van der Waals surface area contributed by atoms with Gasteiger partial charge in [0.1, 0.15) is 11.6 Å². The van der Waals surface area contributed by atoms with E-state index >= 15 is 0 Å². The Morgan fingerprint density at radius 1 is 1.14 bits per heavy atom. The summed E-state index contributed by atoms with van der Waals surface area (Å²) in [5, 5.41) is 0. The molecular formula is C23H30N4O. The molecule has 0 N–H and O–H groups in total. The van der Waals surface area contributed by atoms with Crippen LogP contribution < -0.4 is 4.90 Å². The number of anilines is 1. The zero-order valence-corrected chi connectivity index (χ0v) is 17.0. The fourth-order valence-corrected chi connectivity index (χ4v) is 4.49. The molecule has 1 saturated heterocycles. The van der Waals surface area contributed by atoms with Gasteiger partial charge in [-0.05, 0) is 38.2 Å². The molecule has 2 aromatic rings. The van der Waals surface area contributed by atoms with Crippen molar-refractivity contribution >= 4 is 11.7 Å². The Bertz CT molecular complexity index is 836. The summed E-state index contributed by atoms with van der Waals surface area (Å²) in [7, 11) is 0. The van der Waals surface area contributed by atoms with Crippen molar-refractivity contribution in [2.24, 2.45) is 0 Å². The molecule has 2 aliphatic rings. The van der Waals surface area contributed by atoms with Gasteiger partial charge in [0.2, 0.25) is 5.91 Å². The van der Waals surface area contributed by atoms with Crippen LogP contribution in [0.15, 0.2) is 30.3 Å². The minimum atomic E-state index is 0.241. The average molecular weight is 379 g/mol. The first-order valence-corrected chi connectivity index (χ1v) is 10.6. The maximum absolute atomic E-state index is 12.2. The minimum absolute atomic E-state index is 0.241. The summed E-state index contributed by atoms with van der Waals surface area (Å²) >= 11 is 0. The van der Waals surface area contributed by atoms with E-state index < -0.39 is 0 Å². The lowest BCUT2D eigenvalue weighted by Gasteiger charge is -2.34. The van der Waals surface area contributed by atoms with Crippen molar-refractivity contribution in [1.82, 2.24) is 14.9 Å². The SMILES string of the molecule is CCC(=O)N1CCCC(c2nc(C)c3c(n2)N(Cc2ccccc2)CCC3)C1. The van der Waals surface area contributed by atoms with E-state index in [1.807, 2.05) is 11.8 Å². The normalized spacial score (nSPS) is 19.4. The largest absolute Gasteiger partial charge is 0.352 e. The van der Waals surface area contributed by atoms with E-state index in [1.54, 1.807) is 0 Å². The number of carbonyl (C=O) groups excluding carboxylic acids is 1. The molecule has 0 aliphatic carbocycles. The zero-order chi connectivity index (χ0) is 19.5. The monoisotopic (exact) mass is 378 g/mol. The Kier molecular flexibility index (Phi) is 5.60. The molecule has 1 amide bonds. The summed E-state index contributed by atoms with van der Waals surface area (Å²) in [5.41, 5.74) is 3.71. The van der Waals surface area contributed by atoms with Gasteiger partial charge in [-0.25, -0.2) is 9.97 Å². The molecule has 1 fully saturated rings. The van der Waals surface area contributed by atoms with Crippen molar-refractivity contribution in [3.05, 3.63) is 53.0 Å². The summed E-state index contributed by atoms with van der Waals surface area (Å²) in [5.74, 6) is 2.51. The van der Waals surface area contributed by atoms with Crippen molar-refractivity contribution in [2.45, 2.75) is 58.4 Å². The number of amides is 1. The number of fused-ring (bicyclic) bond motifs is 1. The quantitative estimate of drug-likeness (QED) is 0.811. The smallest absolute Gasteiger partial charge is 0.222 e. The van der Waals surface area contributed by atoms with Crippen LogP contribution in [0.4, 0.5) is 5.82 Å². The number of carbonyl (C=O) groups is 1. The first-order valence-electron chi connectivity index (χ1n) is 10.6. The summed E-state index contributed by atoms with van der Waals surface area (Å²) in [4.78, 5) is 26.5. The number of piperidine rings is 1. The number of aryl methyl sites for hydroxylation is 1. The maximum atomic E-state index is 12.2. The van der Waals surface area contributed by atoms with Crippen LogP contribution in [0.3, 0.4) is 0 Å². The molecule has 5 nitrogen and oxygen atoms in total. The molecule has 2 aliphatic heterocycles. The minimum Gasteiger partial charge on any atom is -0.352 e. The highest BCUT2D eigenvalue weighted by molar-refractivity contribution is 5.76. The first kappa shape index (κ1) is 18.9. The third-order valence-electron chi connectivity index (χ3n) is 6.02. The fourth-order valence-electron chi connectivity index (χ4n) is 4.49. The Labute approximate surface area is 167 Å². The second kappa shape index (κ2) is 8.29. The van der Waals surface area contributed by atoms with Crippen LogP contribution in [0.5, 0.6) is 0 Å². The van der Waals surface area contributed by atoms with E-state index in [1.165, 1.54) is 11.1 Å². The number of hydrogen-bond donors (Lipinski definition) is 0. The molecule has 4 rings (SSSR count). The van der Waals surface area contributed by atoms with Gasteiger partial charge in [0.25, 0.3) is 0 Å². The van der Waals surface area contributed by atoms with Crippen molar-refractivity contribution in [2.75, 3.05) is 24.5 Å². The summed E-state index contributed by atoms with van der Waals surface area (Å²) in [6.45, 7) is 7.59. The highest BCUT2D eigenvalue weighted by atomic mass is 16.2. The molecule has 0 radical (unpaired) electrons. The molecule has 1 aromatic carbocycles. The first-order chi connectivity index (χ1) is 13.7. The van der Waals surface area contributed by atoms with Crippen LogP contribution in [0.25, 0.3) is 0 Å². The van der Waals surface area contributed by atoms with Gasteiger partial charge >= 0.3 is 0 Å². The van der Waals surface area contributed by atoms with Gasteiger partial charge < -0.3 is 9.80 Å². The second-order valence-corrected chi connectivity index (χ2v) is 8.01. The standard InChI is InChI=1S/C23H30N4O/c1-3-21(28)26-13-7-11-19(16-26)22-24-17(2)20-12-8-14-27(23(20)25-22)15-18-9-5-4-6-10-18/h4-6,9-10,19H,3,7-8,11-16H2,1-2H3. The average Bonchev–Trinajstić information content (AvgIpc) is 2.74. The van der Waals surface area contributed by atoms with Gasteiger partial charge in [0.05, 0.1) is 0 Å². The van der Waals surface area contributed by atoms with Gasteiger partial charge in [-0.2, -0.15) is 0 Å². The predicted octanol–water partition coefficient (Wildman–Crippen LogP) is 3.85. The predicted molar refractivity (Wildman–Crippen MR) is 111 cm³/mol. The van der Waals surface area contributed by atoms with E-state index in [4.69, 9.17) is 9.97 Å². The summed E-state index contributed by atoms with van der Waals surface area (Å²) < 4.78 is 0. The van der Waals surface area contributed by atoms with Crippen LogP contribution in [-0.4, -0.2) is 40.4 Å². The van der Waals surface area contributed by atoms with Crippen LogP contribution in [-0.2, 0) is 17.8 Å². The summed E-state index contributed by atoms with van der Waals surface area (Å²) in [6.07, 6.45) is 4.86. The molecule has 1 unspecified atom stereocenters. The second-order valence-electron chi connectivity index (χ2n) is 8.01. The molecule has 0 spiro atoms. The number of nitrogens with zero attached hydrogens (tertiary/aromatic N) is 4. The lowest BCUT2D eigenvalue weighted by atomic mass is 9.95. The van der Waals surface area contributed by atoms with Gasteiger partial charge in [-0.15, -0.1) is 0 Å². The van der Waals surface area contributed by atoms with Crippen molar-refractivity contribution in [3.63, 3.8) is 0 Å². The third kappa shape index (κ3) is 3.89. The highest BCUT2D eigenvalue weighted by Crippen LogP contribution is 2.32. The Balaban J connectivity index is 1.61. The number of rotatable bonds is 4. The van der Waals surface area contributed by atoms with E-state index in [-0.39, 0.29) is 11.8 Å². The zero-order valence-electron chi connectivity index (χ0n) is 17.0. The molecule has 5 heteroatoms. The Morgan fingerprint density at radius 3 is 2.75 bits per heavy atom. The number of benzene rings is 1. The highest BCUT2D eigenvalue weighted by Gasteiger charge is 2.29. The molecule has 1 atom stereocenters. The number of hydrogen-bond acceptors (Lipinski definition) is 4. The van der Waals surface area contributed by atoms with E-state index in [0.717, 1.165) is 69.2 Å². The molecule has 0 saturated carbocycles. The van der Waals surface area contributed by atoms with Gasteiger partial charge in [-0.3, -0.25) is 4.79 Å². The Hall–Kier alpha value is -2.43. The van der Waals surface area contributed by atoms with Crippen molar-refractivity contribution in [3.8, 4) is 0 Å². The lowest BCUT2D eigenvalue weighted by Crippen LogP contribution is -2.39. The molecule has 1 aromatic heterocycles. The molecule has 148 valence electrons. The van der Waals surface area contributed by atoms with Crippen LogP contribution >= 0.6 is 0 Å². The molecule has 0 bridgehead atoms. The van der Waals surface area contributed by atoms with Crippen LogP contribution in [0, 0.1) is 6.92 Å². The van der Waals surface area contributed by atoms with Crippen molar-refractivity contribution in [1.29, 1.82) is 0 Å². The van der Waals surface area contributed by atoms with E-state index in [0.29, 0.717) is 6.42 Å². The molecule has 3 heterocycles. The summed E-state index contributed by atoms with van der Waals surface area (Å²) in [6, 6.07) is 10.6. The molecule has 28 heavy (non-hydrogen) atoms. The third-order valence-corrected chi connectivity index (χ3v) is 6.02. The number of aromatic nitrogens is 2. The fraction of sp³-hybridized carbons (Fsp3) is 0.522. The Morgan fingerprint density at radius 2 is 1.96 bits per heavy atom. The van der Waals surface area contributed by atoms with Gasteiger partial charge in [0.15, 0.2) is 0 Å². The van der Waals surface area contributed by atoms with E-state index in [9.17, 15) is 4.79 Å². The number of likely N-dealkylation sites (tertiary alicyclic amines) is 1. The van der Waals surface area contributed by atoms with Gasteiger partial charge in [-0.1, -0.05) is 37.3 Å². The topological polar surface area (TPSA) is 49.3 Å².